The molecule has 3 heterocycles. The second-order valence-corrected chi connectivity index (χ2v) is 20.4. The molecule has 0 radical (unpaired) electrons. The molecule has 0 bridgehead atoms. The number of nitrogens with one attached hydrogen (secondary N) is 2. The summed E-state index contributed by atoms with van der Waals surface area (Å²) >= 11 is 0. The van der Waals surface area contributed by atoms with Crippen molar-refractivity contribution in [2.45, 2.75) is 104 Å². The third-order valence-electron chi connectivity index (χ3n) is 9.33. The number of fused-ring (bicyclic) bond motifs is 2. The van der Waals surface area contributed by atoms with Crippen molar-refractivity contribution in [3.05, 3.63) is 35.9 Å². The summed E-state index contributed by atoms with van der Waals surface area (Å²) in [5.74, 6) is -0.573. The van der Waals surface area contributed by atoms with Gasteiger partial charge in [-0.05, 0) is 75.8 Å². The molecule has 0 unspecified atom stereocenters. The molecule has 270 valence electrons. The Morgan fingerprint density at radius 1 is 1.04 bits per heavy atom. The SMILES string of the molecule is Cc1c(-c2cc3cc(NC(=O)OC4CC(C)(O[Si](C)(C)C(C)(C)C)C4)ncc3c(NC(=O)OC(C)(C)C)c2F)cnc2c1N(C(=O)O)CCO2. The van der Waals surface area contributed by atoms with Gasteiger partial charge in [0.2, 0.25) is 5.88 Å². The zero-order valence-electron chi connectivity index (χ0n) is 30.2. The molecule has 2 aliphatic rings. The van der Waals surface area contributed by atoms with Gasteiger partial charge in [-0.2, -0.15) is 0 Å². The minimum absolute atomic E-state index is 0.0162. The first kappa shape index (κ1) is 36.8. The molecular formula is C35H46FN5O8Si. The molecule has 3 amide bonds. The zero-order chi connectivity index (χ0) is 37.0. The van der Waals surface area contributed by atoms with Gasteiger partial charge in [0.25, 0.3) is 0 Å². The van der Waals surface area contributed by atoms with Crippen molar-refractivity contribution in [1.82, 2.24) is 9.97 Å². The second-order valence-electron chi connectivity index (χ2n) is 15.6. The Balaban J connectivity index is 1.45. The van der Waals surface area contributed by atoms with Crippen LogP contribution in [0.3, 0.4) is 0 Å². The topological polar surface area (TPSA) is 161 Å². The number of ether oxygens (including phenoxy) is 3. The molecule has 1 fully saturated rings. The Kier molecular flexibility index (Phi) is 9.55. The molecule has 1 saturated carbocycles. The van der Waals surface area contributed by atoms with Gasteiger partial charge < -0.3 is 23.7 Å². The summed E-state index contributed by atoms with van der Waals surface area (Å²) in [4.78, 5) is 47.5. The molecule has 0 atom stereocenters. The number of aromatic nitrogens is 2. The maximum Gasteiger partial charge on any atom is 0.413 e. The van der Waals surface area contributed by atoms with E-state index in [1.54, 1.807) is 27.7 Å². The summed E-state index contributed by atoms with van der Waals surface area (Å²) in [6.07, 6.45) is 0.731. The van der Waals surface area contributed by atoms with Crippen LogP contribution in [0.1, 0.15) is 66.9 Å². The van der Waals surface area contributed by atoms with Crippen LogP contribution in [0.25, 0.3) is 21.9 Å². The number of halogens is 1. The fourth-order valence-electron chi connectivity index (χ4n) is 5.99. The standard InChI is InChI=1S/C35H46FN5O8Si/c1-19-23(17-38-29-28(19)41(32(44)45)11-12-46-29)22-13-20-14-25(37-18-24(20)27(26(22)36)40-31(43)48-33(2,3)4)39-30(42)47-21-15-35(8,16-21)49-50(9,10)34(5,6)7/h13-14,17-18,21H,11-12,15-16H2,1-10H3,(H,40,43)(H,44,45)(H,37,39,42). The van der Waals surface area contributed by atoms with E-state index in [9.17, 15) is 19.5 Å². The number of amides is 3. The molecule has 5 rings (SSSR count). The van der Waals surface area contributed by atoms with Crippen LogP contribution in [0, 0.1) is 12.7 Å². The molecule has 0 saturated heterocycles. The average Bonchev–Trinajstić information content (AvgIpc) is 2.96. The molecule has 1 aliphatic heterocycles. The van der Waals surface area contributed by atoms with E-state index in [-0.39, 0.29) is 69.5 Å². The van der Waals surface area contributed by atoms with Crippen LogP contribution in [-0.4, -0.2) is 72.1 Å². The van der Waals surface area contributed by atoms with Crippen molar-refractivity contribution in [2.75, 3.05) is 28.7 Å². The first-order valence-corrected chi connectivity index (χ1v) is 19.4. The van der Waals surface area contributed by atoms with E-state index in [0.717, 1.165) is 4.90 Å². The highest BCUT2D eigenvalue weighted by atomic mass is 28.4. The van der Waals surface area contributed by atoms with Crippen molar-refractivity contribution in [3.8, 4) is 17.0 Å². The van der Waals surface area contributed by atoms with Gasteiger partial charge in [-0.25, -0.2) is 28.7 Å². The number of hydrogen-bond donors (Lipinski definition) is 3. The Morgan fingerprint density at radius 3 is 2.34 bits per heavy atom. The molecule has 3 N–H and O–H groups in total. The van der Waals surface area contributed by atoms with E-state index in [0.29, 0.717) is 23.8 Å². The van der Waals surface area contributed by atoms with Gasteiger partial charge in [-0.3, -0.25) is 15.5 Å². The lowest BCUT2D eigenvalue weighted by Crippen LogP contribution is -2.56. The highest BCUT2D eigenvalue weighted by Gasteiger charge is 2.50. The maximum atomic E-state index is 16.5. The van der Waals surface area contributed by atoms with Crippen LogP contribution in [0.15, 0.2) is 24.5 Å². The molecule has 15 heteroatoms. The minimum Gasteiger partial charge on any atom is -0.474 e. The van der Waals surface area contributed by atoms with Crippen LogP contribution in [0.2, 0.25) is 18.1 Å². The number of pyridine rings is 2. The van der Waals surface area contributed by atoms with E-state index in [1.807, 2.05) is 6.92 Å². The second kappa shape index (κ2) is 13.0. The molecule has 3 aromatic rings. The quantitative estimate of drug-likeness (QED) is 0.212. The number of carbonyl (C=O) groups excluding carboxylic acids is 2. The molecule has 50 heavy (non-hydrogen) atoms. The Labute approximate surface area is 292 Å². The molecule has 1 aliphatic carbocycles. The molecule has 0 spiro atoms. The lowest BCUT2D eigenvalue weighted by atomic mass is 9.79. The summed E-state index contributed by atoms with van der Waals surface area (Å²) in [6, 6.07) is 3.04. The van der Waals surface area contributed by atoms with Crippen molar-refractivity contribution in [2.24, 2.45) is 0 Å². The van der Waals surface area contributed by atoms with Gasteiger partial charge in [0.1, 0.15) is 29.8 Å². The van der Waals surface area contributed by atoms with E-state index >= 15 is 4.39 Å². The lowest BCUT2D eigenvalue weighted by molar-refractivity contribution is -0.0911. The highest BCUT2D eigenvalue weighted by molar-refractivity contribution is 6.74. The Hall–Kier alpha value is -4.50. The first-order chi connectivity index (χ1) is 23.1. The largest absolute Gasteiger partial charge is 0.474 e. The van der Waals surface area contributed by atoms with Gasteiger partial charge in [0.15, 0.2) is 14.1 Å². The van der Waals surface area contributed by atoms with E-state index in [4.69, 9.17) is 18.6 Å². The predicted octanol–water partition coefficient (Wildman–Crippen LogP) is 8.46. The normalized spacial score (nSPS) is 19.2. The Morgan fingerprint density at radius 2 is 1.72 bits per heavy atom. The zero-order valence-corrected chi connectivity index (χ0v) is 31.2. The van der Waals surface area contributed by atoms with Crippen molar-refractivity contribution in [1.29, 1.82) is 0 Å². The number of carbonyl (C=O) groups is 3. The number of carboxylic acid groups (broad SMARTS) is 1. The van der Waals surface area contributed by atoms with Crippen molar-refractivity contribution < 1.29 is 42.5 Å². The average molecular weight is 712 g/mol. The first-order valence-electron chi connectivity index (χ1n) is 16.5. The van der Waals surface area contributed by atoms with Gasteiger partial charge in [0.05, 0.1) is 17.8 Å². The van der Waals surface area contributed by atoms with Crippen molar-refractivity contribution in [3.63, 3.8) is 0 Å². The number of anilines is 3. The van der Waals surface area contributed by atoms with Crippen LogP contribution < -0.4 is 20.3 Å². The summed E-state index contributed by atoms with van der Waals surface area (Å²) in [5.41, 5.74) is -0.563. The Bertz CT molecular complexity index is 1850. The number of rotatable bonds is 6. The van der Waals surface area contributed by atoms with Crippen LogP contribution in [0.5, 0.6) is 5.88 Å². The van der Waals surface area contributed by atoms with Crippen LogP contribution in [0.4, 0.5) is 36.0 Å². The van der Waals surface area contributed by atoms with Gasteiger partial charge >= 0.3 is 18.3 Å². The number of hydrogen-bond acceptors (Lipinski definition) is 9. The smallest absolute Gasteiger partial charge is 0.413 e. The van der Waals surface area contributed by atoms with Crippen molar-refractivity contribution >= 4 is 54.6 Å². The fraction of sp³-hybridized carbons (Fsp3) is 0.514. The van der Waals surface area contributed by atoms with Gasteiger partial charge in [0, 0.05) is 41.7 Å². The summed E-state index contributed by atoms with van der Waals surface area (Å²) in [6.45, 7) is 19.8. The monoisotopic (exact) mass is 711 g/mol. The molecule has 13 nitrogen and oxygen atoms in total. The number of nitrogens with zero attached hydrogens (tertiary/aromatic N) is 3. The fourth-order valence-corrected chi connectivity index (χ4v) is 7.69. The van der Waals surface area contributed by atoms with E-state index in [2.05, 4.69) is 54.5 Å². The summed E-state index contributed by atoms with van der Waals surface area (Å²) in [7, 11) is -2.01. The molecular weight excluding hydrogens is 665 g/mol. The summed E-state index contributed by atoms with van der Waals surface area (Å²) < 4.78 is 39.7. The van der Waals surface area contributed by atoms with Gasteiger partial charge in [-0.15, -0.1) is 0 Å². The number of benzene rings is 1. The lowest BCUT2D eigenvalue weighted by Gasteiger charge is -2.51. The third-order valence-corrected chi connectivity index (χ3v) is 14.0. The predicted molar refractivity (Wildman–Crippen MR) is 190 cm³/mol. The molecule has 1 aromatic carbocycles. The molecule has 2 aromatic heterocycles. The van der Waals surface area contributed by atoms with E-state index in [1.165, 1.54) is 24.5 Å². The third kappa shape index (κ3) is 7.63. The highest BCUT2D eigenvalue weighted by Crippen LogP contribution is 2.46. The van der Waals surface area contributed by atoms with Crippen LogP contribution in [-0.2, 0) is 13.9 Å². The van der Waals surface area contributed by atoms with E-state index < -0.39 is 38.0 Å². The summed E-state index contributed by atoms with van der Waals surface area (Å²) in [5, 5.41) is 15.7. The maximum absolute atomic E-state index is 16.5. The minimum atomic E-state index is -2.01. The van der Waals surface area contributed by atoms with Gasteiger partial charge in [-0.1, -0.05) is 20.8 Å². The van der Waals surface area contributed by atoms with Crippen LogP contribution >= 0.6 is 0 Å².